The van der Waals surface area contributed by atoms with Crippen LogP contribution in [0.4, 0.5) is 13.2 Å². The standard InChI is InChI=1S/C14H15BrF3NO2/c15-10-3-1-2-9(8-10)14(13(20)21)4-6-19(7-5-14)12(18)11(16)17/h1-3,8,11-12H,4-7H2,(H,20,21). The van der Waals surface area contributed by atoms with E-state index < -0.39 is 24.1 Å². The van der Waals surface area contributed by atoms with Gasteiger partial charge in [-0.3, -0.25) is 9.69 Å². The van der Waals surface area contributed by atoms with Crippen LogP contribution in [0.25, 0.3) is 0 Å². The van der Waals surface area contributed by atoms with Crippen molar-refractivity contribution in [2.75, 3.05) is 13.1 Å². The summed E-state index contributed by atoms with van der Waals surface area (Å²) in [6.07, 6.45) is -5.20. The summed E-state index contributed by atoms with van der Waals surface area (Å²) < 4.78 is 38.9. The van der Waals surface area contributed by atoms with Gasteiger partial charge in [0.2, 0.25) is 6.30 Å². The lowest BCUT2D eigenvalue weighted by Crippen LogP contribution is -2.50. The average molecular weight is 366 g/mol. The summed E-state index contributed by atoms with van der Waals surface area (Å²) >= 11 is 3.29. The third-order valence-electron chi connectivity index (χ3n) is 3.99. The summed E-state index contributed by atoms with van der Waals surface area (Å²) in [6, 6.07) is 6.93. The summed E-state index contributed by atoms with van der Waals surface area (Å²) in [4.78, 5) is 12.7. The maximum absolute atomic E-state index is 13.4. The number of aliphatic carboxylic acids is 1. The van der Waals surface area contributed by atoms with Crippen LogP contribution in [0.2, 0.25) is 0 Å². The highest BCUT2D eigenvalue weighted by molar-refractivity contribution is 9.10. The maximum atomic E-state index is 13.4. The van der Waals surface area contributed by atoms with Gasteiger partial charge in [0.15, 0.2) is 0 Å². The largest absolute Gasteiger partial charge is 0.481 e. The number of hydrogen-bond acceptors (Lipinski definition) is 2. The Balaban J connectivity index is 2.22. The van der Waals surface area contributed by atoms with Crippen molar-refractivity contribution in [1.29, 1.82) is 0 Å². The van der Waals surface area contributed by atoms with Crippen LogP contribution >= 0.6 is 15.9 Å². The van der Waals surface area contributed by atoms with Crippen molar-refractivity contribution in [1.82, 2.24) is 4.90 Å². The zero-order chi connectivity index (χ0) is 15.6. The topological polar surface area (TPSA) is 40.5 Å². The van der Waals surface area contributed by atoms with Crippen LogP contribution in [-0.2, 0) is 10.2 Å². The van der Waals surface area contributed by atoms with Gasteiger partial charge in [-0.15, -0.1) is 0 Å². The molecule has 1 N–H and O–H groups in total. The average Bonchev–Trinajstić information content (AvgIpc) is 2.46. The van der Waals surface area contributed by atoms with Crippen LogP contribution < -0.4 is 0 Å². The van der Waals surface area contributed by atoms with Crippen LogP contribution in [0, 0.1) is 0 Å². The molecule has 3 nitrogen and oxygen atoms in total. The minimum absolute atomic E-state index is 0.00960. The number of rotatable bonds is 4. The molecule has 0 radical (unpaired) electrons. The number of carboxylic acid groups (broad SMARTS) is 1. The monoisotopic (exact) mass is 365 g/mol. The Morgan fingerprint density at radius 2 is 1.90 bits per heavy atom. The zero-order valence-corrected chi connectivity index (χ0v) is 12.7. The van der Waals surface area contributed by atoms with Crippen molar-refractivity contribution < 1.29 is 23.1 Å². The Hall–Kier alpha value is -1.08. The molecule has 0 saturated carbocycles. The van der Waals surface area contributed by atoms with Gasteiger partial charge < -0.3 is 5.11 Å². The third kappa shape index (κ3) is 3.23. The van der Waals surface area contributed by atoms with Crippen LogP contribution in [0.15, 0.2) is 28.7 Å². The van der Waals surface area contributed by atoms with Crippen LogP contribution in [0.1, 0.15) is 18.4 Å². The number of carbonyl (C=O) groups is 1. The SMILES string of the molecule is O=C(O)C1(c2cccc(Br)c2)CCN(C(F)C(F)F)CC1. The smallest absolute Gasteiger partial charge is 0.314 e. The van der Waals surface area contributed by atoms with E-state index in [2.05, 4.69) is 15.9 Å². The van der Waals surface area contributed by atoms with Gasteiger partial charge in [-0.05, 0) is 30.5 Å². The predicted octanol–water partition coefficient (Wildman–Crippen LogP) is 3.43. The van der Waals surface area contributed by atoms with Crippen molar-refractivity contribution >= 4 is 21.9 Å². The first kappa shape index (κ1) is 16.3. The molecule has 0 bridgehead atoms. The second-order valence-corrected chi connectivity index (χ2v) is 6.06. The van der Waals surface area contributed by atoms with Gasteiger partial charge in [-0.2, -0.15) is 0 Å². The molecule has 116 valence electrons. The third-order valence-corrected chi connectivity index (χ3v) is 4.49. The van der Waals surface area contributed by atoms with Crippen LogP contribution in [0.3, 0.4) is 0 Å². The van der Waals surface area contributed by atoms with Crippen LogP contribution in [0.5, 0.6) is 0 Å². The van der Waals surface area contributed by atoms with Gasteiger partial charge in [0, 0.05) is 17.6 Å². The fourth-order valence-electron chi connectivity index (χ4n) is 2.72. The lowest BCUT2D eigenvalue weighted by molar-refractivity contribution is -0.147. The van der Waals surface area contributed by atoms with Gasteiger partial charge in [0.25, 0.3) is 6.43 Å². The van der Waals surface area contributed by atoms with E-state index in [0.29, 0.717) is 5.56 Å². The van der Waals surface area contributed by atoms with E-state index in [9.17, 15) is 23.1 Å². The molecular formula is C14H15BrF3NO2. The number of halogens is 4. The van der Waals surface area contributed by atoms with Gasteiger partial charge in [-0.1, -0.05) is 28.1 Å². The van der Waals surface area contributed by atoms with E-state index in [1.807, 2.05) is 0 Å². The molecule has 0 aromatic heterocycles. The van der Waals surface area contributed by atoms with E-state index in [1.165, 1.54) is 0 Å². The number of nitrogens with zero attached hydrogens (tertiary/aromatic N) is 1. The van der Waals surface area contributed by atoms with E-state index in [0.717, 1.165) is 9.37 Å². The Morgan fingerprint density at radius 1 is 1.29 bits per heavy atom. The lowest BCUT2D eigenvalue weighted by atomic mass is 9.73. The number of hydrogen-bond donors (Lipinski definition) is 1. The summed E-state index contributed by atoms with van der Waals surface area (Å²) in [6.45, 7) is -0.0192. The van der Waals surface area contributed by atoms with E-state index in [4.69, 9.17) is 0 Å². The lowest BCUT2D eigenvalue weighted by Gasteiger charge is -2.40. The molecule has 1 aliphatic heterocycles. The molecule has 1 saturated heterocycles. The summed E-state index contributed by atoms with van der Waals surface area (Å²) in [5.41, 5.74) is -0.543. The molecule has 0 spiro atoms. The van der Waals surface area contributed by atoms with Crippen LogP contribution in [-0.4, -0.2) is 41.8 Å². The molecule has 1 atom stereocenters. The number of alkyl halides is 3. The van der Waals surface area contributed by atoms with Gasteiger partial charge in [0.05, 0.1) is 5.41 Å². The minimum Gasteiger partial charge on any atom is -0.481 e. The first-order chi connectivity index (χ1) is 9.86. The van der Waals surface area contributed by atoms with Crippen molar-refractivity contribution in [3.05, 3.63) is 34.3 Å². The Bertz CT molecular complexity index is 519. The molecule has 1 aliphatic rings. The highest BCUT2D eigenvalue weighted by Crippen LogP contribution is 2.38. The molecule has 1 heterocycles. The summed E-state index contributed by atoms with van der Waals surface area (Å²) in [5.74, 6) is -1.01. The van der Waals surface area contributed by atoms with E-state index in [-0.39, 0.29) is 25.9 Å². The molecule has 7 heteroatoms. The first-order valence-corrected chi connectivity index (χ1v) is 7.32. The quantitative estimate of drug-likeness (QED) is 0.831. The highest BCUT2D eigenvalue weighted by atomic mass is 79.9. The Kier molecular flexibility index (Phi) is 4.93. The molecule has 1 aromatic carbocycles. The molecule has 1 aromatic rings. The van der Waals surface area contributed by atoms with Gasteiger partial charge >= 0.3 is 5.97 Å². The fourth-order valence-corrected chi connectivity index (χ4v) is 3.12. The number of carboxylic acids is 1. The minimum atomic E-state index is -3.08. The molecule has 21 heavy (non-hydrogen) atoms. The molecule has 2 rings (SSSR count). The molecule has 0 aliphatic carbocycles. The molecule has 1 unspecified atom stereocenters. The molecular weight excluding hydrogens is 351 g/mol. The second-order valence-electron chi connectivity index (χ2n) is 5.14. The number of likely N-dealkylation sites (tertiary alicyclic amines) is 1. The summed E-state index contributed by atoms with van der Waals surface area (Å²) in [5, 5.41) is 9.59. The number of piperidine rings is 1. The predicted molar refractivity (Wildman–Crippen MR) is 75.2 cm³/mol. The summed E-state index contributed by atoms with van der Waals surface area (Å²) in [7, 11) is 0. The normalized spacial score (nSPS) is 20.4. The Morgan fingerprint density at radius 3 is 2.38 bits per heavy atom. The van der Waals surface area contributed by atoms with E-state index >= 15 is 0 Å². The van der Waals surface area contributed by atoms with Crippen molar-refractivity contribution in [3.8, 4) is 0 Å². The van der Waals surface area contributed by atoms with Crippen molar-refractivity contribution in [3.63, 3.8) is 0 Å². The second kappa shape index (κ2) is 6.36. The molecule has 0 amide bonds. The van der Waals surface area contributed by atoms with Crippen molar-refractivity contribution in [2.45, 2.75) is 31.0 Å². The first-order valence-electron chi connectivity index (χ1n) is 6.52. The van der Waals surface area contributed by atoms with Gasteiger partial charge in [-0.25, -0.2) is 13.2 Å². The highest BCUT2D eigenvalue weighted by Gasteiger charge is 2.45. The Labute approximate surface area is 128 Å². The maximum Gasteiger partial charge on any atom is 0.314 e. The number of benzene rings is 1. The van der Waals surface area contributed by atoms with E-state index in [1.54, 1.807) is 24.3 Å². The van der Waals surface area contributed by atoms with Crippen molar-refractivity contribution in [2.24, 2.45) is 0 Å². The zero-order valence-electron chi connectivity index (χ0n) is 11.1. The molecule has 1 fully saturated rings. The fraction of sp³-hybridized carbons (Fsp3) is 0.500. The van der Waals surface area contributed by atoms with Gasteiger partial charge in [0.1, 0.15) is 0 Å².